The standard InChI is InChI=1S/C19H23N3O3/c1-4-24-16-11-12-18(25-5-2)17(13-16)14(3)21-22-19(23)20-15-9-7-6-8-10-15/h6-13H,4-5H2,1-3H3,(H2,20,22,23)/b21-14-. The summed E-state index contributed by atoms with van der Waals surface area (Å²) in [5, 5.41) is 6.86. The van der Waals surface area contributed by atoms with E-state index in [2.05, 4.69) is 15.8 Å². The molecule has 0 aliphatic rings. The maximum atomic E-state index is 11.9. The highest BCUT2D eigenvalue weighted by Crippen LogP contribution is 2.25. The van der Waals surface area contributed by atoms with Crippen LogP contribution in [-0.2, 0) is 0 Å². The predicted molar refractivity (Wildman–Crippen MR) is 99.6 cm³/mol. The summed E-state index contributed by atoms with van der Waals surface area (Å²) in [5.41, 5.74) is 4.58. The minimum absolute atomic E-state index is 0.413. The van der Waals surface area contributed by atoms with E-state index in [1.54, 1.807) is 19.1 Å². The summed E-state index contributed by atoms with van der Waals surface area (Å²) >= 11 is 0. The molecule has 0 radical (unpaired) electrons. The van der Waals surface area contributed by atoms with Gasteiger partial charge in [0.1, 0.15) is 11.5 Å². The van der Waals surface area contributed by atoms with Crippen LogP contribution in [0.3, 0.4) is 0 Å². The molecule has 2 aromatic rings. The third-order valence-corrected chi connectivity index (χ3v) is 3.31. The van der Waals surface area contributed by atoms with Gasteiger partial charge in [0.25, 0.3) is 0 Å². The Labute approximate surface area is 147 Å². The molecule has 0 unspecified atom stereocenters. The molecule has 2 aromatic carbocycles. The van der Waals surface area contributed by atoms with Gasteiger partial charge in [0.2, 0.25) is 0 Å². The van der Waals surface area contributed by atoms with Crippen LogP contribution in [0.2, 0.25) is 0 Å². The van der Waals surface area contributed by atoms with Gasteiger partial charge >= 0.3 is 6.03 Å². The first-order valence-corrected chi connectivity index (χ1v) is 8.20. The van der Waals surface area contributed by atoms with Crippen LogP contribution >= 0.6 is 0 Å². The van der Waals surface area contributed by atoms with Crippen molar-refractivity contribution in [1.82, 2.24) is 5.43 Å². The van der Waals surface area contributed by atoms with Crippen molar-refractivity contribution in [2.24, 2.45) is 5.10 Å². The number of anilines is 1. The molecule has 0 heterocycles. The SMILES string of the molecule is CCOc1ccc(OCC)c(/C(C)=N\NC(=O)Nc2ccccc2)c1. The topological polar surface area (TPSA) is 72.0 Å². The van der Waals surface area contributed by atoms with Gasteiger partial charge in [-0.25, -0.2) is 10.2 Å². The number of hydrogen-bond acceptors (Lipinski definition) is 4. The maximum Gasteiger partial charge on any atom is 0.339 e. The molecule has 0 aliphatic carbocycles. The molecule has 2 amide bonds. The van der Waals surface area contributed by atoms with E-state index < -0.39 is 6.03 Å². The lowest BCUT2D eigenvalue weighted by Gasteiger charge is -2.12. The van der Waals surface area contributed by atoms with Crippen molar-refractivity contribution in [2.45, 2.75) is 20.8 Å². The smallest absolute Gasteiger partial charge is 0.339 e. The second kappa shape index (κ2) is 9.32. The average Bonchev–Trinajstić information content (AvgIpc) is 2.62. The molecule has 0 aliphatic heterocycles. The van der Waals surface area contributed by atoms with E-state index in [1.165, 1.54) is 0 Å². The first kappa shape index (κ1) is 18.3. The van der Waals surface area contributed by atoms with E-state index in [4.69, 9.17) is 9.47 Å². The van der Waals surface area contributed by atoms with Gasteiger partial charge in [-0.1, -0.05) is 18.2 Å². The Hall–Kier alpha value is -3.02. The van der Waals surface area contributed by atoms with Crippen LogP contribution < -0.4 is 20.2 Å². The van der Waals surface area contributed by atoms with Crippen molar-refractivity contribution in [3.05, 3.63) is 54.1 Å². The largest absolute Gasteiger partial charge is 0.494 e. The van der Waals surface area contributed by atoms with Crippen molar-refractivity contribution in [3.63, 3.8) is 0 Å². The monoisotopic (exact) mass is 341 g/mol. The molecule has 0 saturated carbocycles. The molecule has 0 spiro atoms. The third-order valence-electron chi connectivity index (χ3n) is 3.31. The molecular formula is C19H23N3O3. The summed E-state index contributed by atoms with van der Waals surface area (Å²) in [4.78, 5) is 11.9. The predicted octanol–water partition coefficient (Wildman–Crippen LogP) is 4.03. The fraction of sp³-hybridized carbons (Fsp3) is 0.263. The number of hydrazone groups is 1. The Morgan fingerprint density at radius 3 is 2.44 bits per heavy atom. The van der Waals surface area contributed by atoms with Gasteiger partial charge < -0.3 is 14.8 Å². The molecule has 6 heteroatoms. The number of carbonyl (C=O) groups is 1. The van der Waals surface area contributed by atoms with E-state index in [0.717, 1.165) is 11.3 Å². The number of nitrogens with one attached hydrogen (secondary N) is 2. The molecule has 0 atom stereocenters. The van der Waals surface area contributed by atoms with Crippen LogP contribution in [-0.4, -0.2) is 25.0 Å². The number of carbonyl (C=O) groups excluding carboxylic acids is 1. The lowest BCUT2D eigenvalue weighted by molar-refractivity contribution is 0.252. The van der Waals surface area contributed by atoms with Crippen LogP contribution in [0.4, 0.5) is 10.5 Å². The van der Waals surface area contributed by atoms with Crippen molar-refractivity contribution in [2.75, 3.05) is 18.5 Å². The lowest BCUT2D eigenvalue weighted by Crippen LogP contribution is -2.25. The normalized spacial score (nSPS) is 10.9. The minimum atomic E-state index is -0.413. The molecule has 0 aromatic heterocycles. The molecule has 6 nitrogen and oxygen atoms in total. The summed E-state index contributed by atoms with van der Waals surface area (Å²) in [6, 6.07) is 14.3. The van der Waals surface area contributed by atoms with Gasteiger partial charge in [-0.05, 0) is 51.1 Å². The Morgan fingerprint density at radius 2 is 1.76 bits per heavy atom. The number of hydrogen-bond donors (Lipinski definition) is 2. The highest BCUT2D eigenvalue weighted by atomic mass is 16.5. The number of amides is 2. The second-order valence-electron chi connectivity index (χ2n) is 5.15. The number of rotatable bonds is 7. The first-order chi connectivity index (χ1) is 12.1. The Morgan fingerprint density at radius 1 is 1.04 bits per heavy atom. The van der Waals surface area contributed by atoms with Gasteiger partial charge in [-0.3, -0.25) is 0 Å². The van der Waals surface area contributed by atoms with Crippen LogP contribution in [0.15, 0.2) is 53.6 Å². The summed E-state index contributed by atoms with van der Waals surface area (Å²) < 4.78 is 11.2. The zero-order chi connectivity index (χ0) is 18.1. The van der Waals surface area contributed by atoms with Crippen LogP contribution in [0.25, 0.3) is 0 Å². The van der Waals surface area contributed by atoms with Crippen molar-refractivity contribution in [3.8, 4) is 11.5 Å². The van der Waals surface area contributed by atoms with Gasteiger partial charge in [-0.15, -0.1) is 0 Å². The summed E-state index contributed by atoms with van der Waals surface area (Å²) in [7, 11) is 0. The number of urea groups is 1. The lowest BCUT2D eigenvalue weighted by atomic mass is 10.1. The number of benzene rings is 2. The van der Waals surface area contributed by atoms with Crippen molar-refractivity contribution in [1.29, 1.82) is 0 Å². The summed E-state index contributed by atoms with van der Waals surface area (Å²) in [5.74, 6) is 1.42. The average molecular weight is 341 g/mol. The van der Waals surface area contributed by atoms with Gasteiger partial charge in [-0.2, -0.15) is 5.10 Å². The van der Waals surface area contributed by atoms with E-state index in [0.29, 0.717) is 30.4 Å². The molecule has 25 heavy (non-hydrogen) atoms. The third kappa shape index (κ3) is 5.53. The second-order valence-corrected chi connectivity index (χ2v) is 5.15. The number of para-hydroxylation sites is 1. The maximum absolute atomic E-state index is 11.9. The summed E-state index contributed by atoms with van der Waals surface area (Å²) in [6.45, 7) is 6.75. The van der Waals surface area contributed by atoms with Gasteiger partial charge in [0.05, 0.1) is 18.9 Å². The van der Waals surface area contributed by atoms with Gasteiger partial charge in [0, 0.05) is 11.3 Å². The van der Waals surface area contributed by atoms with Crippen LogP contribution in [0.5, 0.6) is 11.5 Å². The number of nitrogens with zero attached hydrogens (tertiary/aromatic N) is 1. The van der Waals surface area contributed by atoms with Crippen LogP contribution in [0, 0.1) is 0 Å². The highest BCUT2D eigenvalue weighted by molar-refractivity contribution is 6.02. The zero-order valence-corrected chi connectivity index (χ0v) is 14.7. The Bertz CT molecular complexity index is 730. The van der Waals surface area contributed by atoms with Gasteiger partial charge in [0.15, 0.2) is 0 Å². The minimum Gasteiger partial charge on any atom is -0.494 e. The van der Waals surface area contributed by atoms with E-state index in [9.17, 15) is 4.79 Å². The highest BCUT2D eigenvalue weighted by Gasteiger charge is 2.10. The molecule has 0 fully saturated rings. The van der Waals surface area contributed by atoms with E-state index in [-0.39, 0.29) is 0 Å². The Kier molecular flexibility index (Phi) is 6.83. The zero-order valence-electron chi connectivity index (χ0n) is 14.7. The summed E-state index contributed by atoms with van der Waals surface area (Å²) in [6.07, 6.45) is 0. The number of ether oxygens (including phenoxy) is 2. The van der Waals surface area contributed by atoms with E-state index in [1.807, 2.05) is 50.2 Å². The fourth-order valence-electron chi connectivity index (χ4n) is 2.21. The molecule has 2 rings (SSSR count). The van der Waals surface area contributed by atoms with Crippen LogP contribution in [0.1, 0.15) is 26.3 Å². The molecule has 2 N–H and O–H groups in total. The molecular weight excluding hydrogens is 318 g/mol. The van der Waals surface area contributed by atoms with Crippen molar-refractivity contribution < 1.29 is 14.3 Å². The fourth-order valence-corrected chi connectivity index (χ4v) is 2.21. The molecule has 0 saturated heterocycles. The quantitative estimate of drug-likeness (QED) is 0.590. The van der Waals surface area contributed by atoms with Crippen molar-refractivity contribution >= 4 is 17.4 Å². The Balaban J connectivity index is 2.11. The molecule has 132 valence electrons. The van der Waals surface area contributed by atoms with E-state index >= 15 is 0 Å². The molecule has 0 bridgehead atoms. The first-order valence-electron chi connectivity index (χ1n) is 8.20.